The predicted octanol–water partition coefficient (Wildman–Crippen LogP) is 2.50. The fraction of sp³-hybridized carbons (Fsp3) is 0.529. The quantitative estimate of drug-likeness (QED) is 0.922. The highest BCUT2D eigenvalue weighted by molar-refractivity contribution is 6.29. The predicted molar refractivity (Wildman–Crippen MR) is 94.0 cm³/mol. The van der Waals surface area contributed by atoms with Gasteiger partial charge < -0.3 is 14.5 Å². The number of imidazole rings is 1. The van der Waals surface area contributed by atoms with Gasteiger partial charge in [0.1, 0.15) is 16.7 Å². The lowest BCUT2D eigenvalue weighted by molar-refractivity contribution is 0.0952. The van der Waals surface area contributed by atoms with Crippen LogP contribution in [-0.4, -0.2) is 38.5 Å². The highest BCUT2D eigenvalue weighted by Crippen LogP contribution is 2.33. The standard InChI is InChI=1S/C17H24ClN5O/c1-19-17(24)14-8-7-12(21(14)2)13-6-4-5-9-23(13)11-16-20-10-15(18)22(16)3/h7-8,10,13H,4-6,9,11H2,1-3H3,(H,19,24). The van der Waals surface area contributed by atoms with E-state index in [4.69, 9.17) is 11.6 Å². The summed E-state index contributed by atoms with van der Waals surface area (Å²) in [6, 6.07) is 4.26. The summed E-state index contributed by atoms with van der Waals surface area (Å²) in [5.41, 5.74) is 1.87. The van der Waals surface area contributed by atoms with Gasteiger partial charge in [0.05, 0.1) is 18.8 Å². The Hall–Kier alpha value is -1.79. The van der Waals surface area contributed by atoms with E-state index >= 15 is 0 Å². The number of rotatable bonds is 4. The van der Waals surface area contributed by atoms with Crippen LogP contribution in [0.3, 0.4) is 0 Å². The lowest BCUT2D eigenvalue weighted by Gasteiger charge is -2.35. The van der Waals surface area contributed by atoms with Crippen LogP contribution in [0.5, 0.6) is 0 Å². The van der Waals surface area contributed by atoms with Gasteiger partial charge in [-0.15, -0.1) is 0 Å². The van der Waals surface area contributed by atoms with Crippen molar-refractivity contribution in [1.29, 1.82) is 0 Å². The van der Waals surface area contributed by atoms with Crippen molar-refractivity contribution >= 4 is 17.5 Å². The molecule has 24 heavy (non-hydrogen) atoms. The molecule has 130 valence electrons. The highest BCUT2D eigenvalue weighted by Gasteiger charge is 2.28. The van der Waals surface area contributed by atoms with Crippen molar-refractivity contribution in [3.63, 3.8) is 0 Å². The molecule has 3 heterocycles. The number of aromatic nitrogens is 3. The van der Waals surface area contributed by atoms with Crippen molar-refractivity contribution in [2.75, 3.05) is 13.6 Å². The van der Waals surface area contributed by atoms with E-state index in [0.29, 0.717) is 10.8 Å². The van der Waals surface area contributed by atoms with Crippen LogP contribution in [0.4, 0.5) is 0 Å². The summed E-state index contributed by atoms with van der Waals surface area (Å²) in [5, 5.41) is 3.35. The zero-order chi connectivity index (χ0) is 17.3. The van der Waals surface area contributed by atoms with E-state index in [2.05, 4.69) is 21.3 Å². The molecular formula is C17H24ClN5O. The number of carbonyl (C=O) groups excluding carboxylic acids is 1. The van der Waals surface area contributed by atoms with E-state index in [0.717, 1.165) is 25.3 Å². The van der Waals surface area contributed by atoms with E-state index in [1.54, 1.807) is 13.2 Å². The molecule has 0 saturated carbocycles. The fourth-order valence-corrected chi connectivity index (χ4v) is 3.63. The topological polar surface area (TPSA) is 55.1 Å². The van der Waals surface area contributed by atoms with E-state index in [1.807, 2.05) is 29.3 Å². The third-order valence-corrected chi connectivity index (χ3v) is 5.30. The van der Waals surface area contributed by atoms with Crippen LogP contribution in [-0.2, 0) is 20.6 Å². The zero-order valence-electron chi connectivity index (χ0n) is 14.4. The summed E-state index contributed by atoms with van der Waals surface area (Å²) in [7, 11) is 5.56. The maximum atomic E-state index is 12.0. The van der Waals surface area contributed by atoms with Crippen LogP contribution >= 0.6 is 11.6 Å². The number of halogens is 1. The van der Waals surface area contributed by atoms with Crippen molar-refractivity contribution in [2.45, 2.75) is 31.8 Å². The van der Waals surface area contributed by atoms with Crippen LogP contribution in [0, 0.1) is 0 Å². The second-order valence-corrected chi connectivity index (χ2v) is 6.71. The minimum absolute atomic E-state index is 0.0537. The average Bonchev–Trinajstić information content (AvgIpc) is 3.12. The molecule has 0 aromatic carbocycles. The monoisotopic (exact) mass is 349 g/mol. The first-order valence-corrected chi connectivity index (χ1v) is 8.68. The van der Waals surface area contributed by atoms with Crippen LogP contribution in [0.25, 0.3) is 0 Å². The summed E-state index contributed by atoms with van der Waals surface area (Å²) >= 11 is 6.11. The molecule has 2 aromatic rings. The SMILES string of the molecule is CNC(=O)c1ccc(C2CCCCN2Cc2ncc(Cl)n2C)n1C. The number of nitrogens with one attached hydrogen (secondary N) is 1. The van der Waals surface area contributed by atoms with E-state index < -0.39 is 0 Å². The minimum atomic E-state index is -0.0537. The summed E-state index contributed by atoms with van der Waals surface area (Å²) in [6.07, 6.45) is 5.16. The van der Waals surface area contributed by atoms with Gasteiger partial charge in [-0.3, -0.25) is 9.69 Å². The Kier molecular flexibility index (Phi) is 4.96. The molecule has 0 bridgehead atoms. The lowest BCUT2D eigenvalue weighted by atomic mass is 9.99. The zero-order valence-corrected chi connectivity index (χ0v) is 15.2. The fourth-order valence-electron chi connectivity index (χ4n) is 3.49. The van der Waals surface area contributed by atoms with Gasteiger partial charge in [0, 0.05) is 26.8 Å². The van der Waals surface area contributed by atoms with E-state index in [9.17, 15) is 4.79 Å². The molecule has 0 spiro atoms. The van der Waals surface area contributed by atoms with Gasteiger partial charge in [-0.25, -0.2) is 4.98 Å². The lowest BCUT2D eigenvalue weighted by Crippen LogP contribution is -2.35. The molecule has 1 atom stereocenters. The van der Waals surface area contributed by atoms with Gasteiger partial charge >= 0.3 is 0 Å². The summed E-state index contributed by atoms with van der Waals surface area (Å²) in [6.45, 7) is 1.78. The van der Waals surface area contributed by atoms with Crippen LogP contribution in [0.1, 0.15) is 47.3 Å². The third-order valence-electron chi connectivity index (χ3n) is 4.95. The Labute approximate surface area is 147 Å². The van der Waals surface area contributed by atoms with Gasteiger partial charge in [-0.05, 0) is 31.5 Å². The summed E-state index contributed by atoms with van der Waals surface area (Å²) in [4.78, 5) is 18.8. The molecule has 1 aliphatic rings. The molecule has 1 saturated heterocycles. The van der Waals surface area contributed by atoms with Gasteiger partial charge in [-0.2, -0.15) is 0 Å². The van der Waals surface area contributed by atoms with Crippen molar-refractivity contribution in [3.8, 4) is 0 Å². The van der Waals surface area contributed by atoms with Gasteiger partial charge in [0.2, 0.25) is 0 Å². The van der Waals surface area contributed by atoms with Gasteiger partial charge in [-0.1, -0.05) is 18.0 Å². The Balaban J connectivity index is 1.86. The Bertz CT molecular complexity index is 735. The molecule has 1 unspecified atom stereocenters. The number of carbonyl (C=O) groups is 1. The van der Waals surface area contributed by atoms with Gasteiger partial charge in [0.25, 0.3) is 5.91 Å². The molecule has 0 radical (unpaired) electrons. The molecule has 2 aromatic heterocycles. The number of amides is 1. The number of likely N-dealkylation sites (tertiary alicyclic amines) is 1. The first kappa shape index (κ1) is 17.0. The molecule has 1 N–H and O–H groups in total. The van der Waals surface area contributed by atoms with Crippen molar-refractivity contribution in [1.82, 2.24) is 24.3 Å². The molecule has 1 fully saturated rings. The van der Waals surface area contributed by atoms with Crippen LogP contribution in [0.15, 0.2) is 18.3 Å². The molecule has 7 heteroatoms. The molecule has 1 aliphatic heterocycles. The largest absolute Gasteiger partial charge is 0.354 e. The first-order chi connectivity index (χ1) is 11.5. The van der Waals surface area contributed by atoms with Gasteiger partial charge in [0.15, 0.2) is 0 Å². The summed E-state index contributed by atoms with van der Waals surface area (Å²) < 4.78 is 3.93. The molecular weight excluding hydrogens is 326 g/mol. The number of piperidine rings is 1. The maximum Gasteiger partial charge on any atom is 0.267 e. The summed E-state index contributed by atoms with van der Waals surface area (Å²) in [5.74, 6) is 0.912. The third kappa shape index (κ3) is 3.08. The van der Waals surface area contributed by atoms with Crippen molar-refractivity contribution in [3.05, 3.63) is 40.7 Å². The van der Waals surface area contributed by atoms with E-state index in [1.165, 1.54) is 18.5 Å². The maximum absolute atomic E-state index is 12.0. The normalized spacial score (nSPS) is 18.8. The van der Waals surface area contributed by atoms with Crippen molar-refractivity contribution < 1.29 is 4.79 Å². The highest BCUT2D eigenvalue weighted by atomic mass is 35.5. The number of nitrogens with zero attached hydrogens (tertiary/aromatic N) is 4. The smallest absolute Gasteiger partial charge is 0.267 e. The van der Waals surface area contributed by atoms with Crippen LogP contribution in [0.2, 0.25) is 5.15 Å². The second-order valence-electron chi connectivity index (χ2n) is 6.32. The number of hydrogen-bond acceptors (Lipinski definition) is 3. The Morgan fingerprint density at radius 2 is 2.12 bits per heavy atom. The van der Waals surface area contributed by atoms with Crippen LogP contribution < -0.4 is 5.32 Å². The molecule has 0 aliphatic carbocycles. The van der Waals surface area contributed by atoms with E-state index in [-0.39, 0.29) is 11.9 Å². The Morgan fingerprint density at radius 1 is 1.33 bits per heavy atom. The minimum Gasteiger partial charge on any atom is -0.354 e. The Morgan fingerprint density at radius 3 is 2.79 bits per heavy atom. The molecule has 6 nitrogen and oxygen atoms in total. The second kappa shape index (κ2) is 6.99. The average molecular weight is 350 g/mol. The molecule has 3 rings (SSSR count). The molecule has 1 amide bonds. The first-order valence-electron chi connectivity index (χ1n) is 8.30. The number of hydrogen-bond donors (Lipinski definition) is 1. The van der Waals surface area contributed by atoms with Crippen molar-refractivity contribution in [2.24, 2.45) is 14.1 Å².